The van der Waals surface area contributed by atoms with Crippen LogP contribution in [0.15, 0.2) is 41.7 Å². The largest absolute Gasteiger partial charge is 0.465 e. The Hall–Kier alpha value is -3.49. The van der Waals surface area contributed by atoms with Gasteiger partial charge in [-0.15, -0.1) is 0 Å². The first kappa shape index (κ1) is 16.9. The van der Waals surface area contributed by atoms with E-state index in [4.69, 9.17) is 0 Å². The number of carbonyl (C=O) groups excluding carboxylic acids is 3. The van der Waals surface area contributed by atoms with Gasteiger partial charge in [0, 0.05) is 30.4 Å². The van der Waals surface area contributed by atoms with Gasteiger partial charge in [-0.2, -0.15) is 0 Å². The third-order valence-corrected chi connectivity index (χ3v) is 3.01. The van der Waals surface area contributed by atoms with Gasteiger partial charge in [-0.3, -0.25) is 24.7 Å². The van der Waals surface area contributed by atoms with Crippen LogP contribution in [0.25, 0.3) is 0 Å². The lowest BCUT2D eigenvalue weighted by Crippen LogP contribution is -2.30. The lowest BCUT2D eigenvalue weighted by molar-refractivity contribution is 0.0593. The number of esters is 2. The van der Waals surface area contributed by atoms with E-state index in [0.29, 0.717) is 5.56 Å². The molecule has 0 aliphatic heterocycles. The first-order valence-electron chi connectivity index (χ1n) is 6.62. The van der Waals surface area contributed by atoms with Crippen molar-refractivity contribution in [3.63, 3.8) is 0 Å². The molecule has 0 aromatic carbocycles. The number of hydrogen-bond acceptors (Lipinski definition) is 7. The molecule has 0 aliphatic carbocycles. The zero-order valence-electron chi connectivity index (χ0n) is 12.8. The van der Waals surface area contributed by atoms with Gasteiger partial charge in [-0.05, 0) is 12.1 Å². The molecular weight excluding hydrogens is 318 g/mol. The number of ether oxygens (including phenoxy) is 2. The molecule has 0 fully saturated rings. The molecule has 0 aliphatic rings. The van der Waals surface area contributed by atoms with Crippen molar-refractivity contribution in [3.05, 3.63) is 63.8 Å². The molecule has 1 N–H and O–H groups in total. The fraction of sp³-hybridized carbons (Fsp3) is 0.133. The molecule has 2 aromatic heterocycles. The molecule has 0 bridgehead atoms. The third-order valence-electron chi connectivity index (χ3n) is 3.01. The van der Waals surface area contributed by atoms with E-state index < -0.39 is 34.4 Å². The predicted molar refractivity (Wildman–Crippen MR) is 81.3 cm³/mol. The number of methoxy groups -OCH3 is 2. The molecule has 9 nitrogen and oxygen atoms in total. The summed E-state index contributed by atoms with van der Waals surface area (Å²) in [5, 5.41) is 0. The minimum atomic E-state index is -0.947. The Kier molecular flexibility index (Phi) is 5.05. The summed E-state index contributed by atoms with van der Waals surface area (Å²) in [5.74, 6) is -2.43. The molecule has 24 heavy (non-hydrogen) atoms. The van der Waals surface area contributed by atoms with Crippen LogP contribution in [0.4, 0.5) is 0 Å². The van der Waals surface area contributed by atoms with Gasteiger partial charge in [0.2, 0.25) is 5.43 Å². The van der Waals surface area contributed by atoms with E-state index in [9.17, 15) is 19.2 Å². The van der Waals surface area contributed by atoms with Crippen molar-refractivity contribution < 1.29 is 23.9 Å². The minimum Gasteiger partial charge on any atom is -0.465 e. The summed E-state index contributed by atoms with van der Waals surface area (Å²) in [6.45, 7) is 0. The lowest BCUT2D eigenvalue weighted by Gasteiger charge is -2.12. The molecule has 0 unspecified atom stereocenters. The van der Waals surface area contributed by atoms with Crippen LogP contribution in [0.2, 0.25) is 0 Å². The van der Waals surface area contributed by atoms with Gasteiger partial charge in [-0.25, -0.2) is 9.59 Å². The second kappa shape index (κ2) is 7.18. The first-order valence-corrected chi connectivity index (χ1v) is 6.62. The average molecular weight is 331 g/mol. The van der Waals surface area contributed by atoms with Crippen molar-refractivity contribution in [1.82, 2.24) is 9.66 Å². The van der Waals surface area contributed by atoms with E-state index in [1.807, 2.05) is 0 Å². The molecule has 2 aromatic rings. The number of rotatable bonds is 4. The highest BCUT2D eigenvalue weighted by Crippen LogP contribution is 2.03. The second-order valence-corrected chi connectivity index (χ2v) is 4.48. The van der Waals surface area contributed by atoms with E-state index >= 15 is 0 Å². The highest BCUT2D eigenvalue weighted by atomic mass is 16.5. The quantitative estimate of drug-likeness (QED) is 0.795. The van der Waals surface area contributed by atoms with E-state index in [2.05, 4.69) is 19.9 Å². The van der Waals surface area contributed by atoms with Crippen LogP contribution in [0.3, 0.4) is 0 Å². The Morgan fingerprint density at radius 3 is 1.96 bits per heavy atom. The zero-order chi connectivity index (χ0) is 17.7. The van der Waals surface area contributed by atoms with E-state index in [-0.39, 0.29) is 0 Å². The molecule has 2 rings (SSSR count). The van der Waals surface area contributed by atoms with E-state index in [1.54, 1.807) is 0 Å². The van der Waals surface area contributed by atoms with Crippen molar-refractivity contribution in [2.75, 3.05) is 19.6 Å². The zero-order valence-corrected chi connectivity index (χ0v) is 12.8. The molecular formula is C15H13N3O6. The lowest BCUT2D eigenvalue weighted by atomic mass is 10.2. The van der Waals surface area contributed by atoms with Gasteiger partial charge >= 0.3 is 11.9 Å². The Morgan fingerprint density at radius 1 is 1.00 bits per heavy atom. The van der Waals surface area contributed by atoms with Crippen molar-refractivity contribution >= 4 is 17.8 Å². The van der Waals surface area contributed by atoms with Crippen LogP contribution in [-0.4, -0.2) is 41.7 Å². The average Bonchev–Trinajstić information content (AvgIpc) is 2.62. The molecule has 0 spiro atoms. The van der Waals surface area contributed by atoms with Crippen molar-refractivity contribution in [2.24, 2.45) is 0 Å². The Bertz CT molecular complexity index is 804. The number of pyridine rings is 2. The number of amides is 1. The fourth-order valence-electron chi connectivity index (χ4n) is 1.84. The van der Waals surface area contributed by atoms with Crippen molar-refractivity contribution in [1.29, 1.82) is 0 Å². The van der Waals surface area contributed by atoms with Gasteiger partial charge in [0.1, 0.15) is 11.1 Å². The monoisotopic (exact) mass is 331 g/mol. The van der Waals surface area contributed by atoms with Gasteiger partial charge in [-0.1, -0.05) is 0 Å². The molecule has 0 atom stereocenters. The molecule has 0 saturated carbocycles. The van der Waals surface area contributed by atoms with Gasteiger partial charge < -0.3 is 9.47 Å². The normalized spacial score (nSPS) is 9.92. The van der Waals surface area contributed by atoms with Crippen LogP contribution in [0.1, 0.15) is 31.1 Å². The highest BCUT2D eigenvalue weighted by molar-refractivity contribution is 6.00. The molecule has 2 heterocycles. The minimum absolute atomic E-state index is 0.294. The Balaban J connectivity index is 2.46. The maximum absolute atomic E-state index is 12.1. The predicted octanol–water partition coefficient (Wildman–Crippen LogP) is 0.200. The van der Waals surface area contributed by atoms with Crippen LogP contribution in [0.5, 0.6) is 0 Å². The number of aromatic nitrogens is 2. The van der Waals surface area contributed by atoms with Crippen molar-refractivity contribution in [2.45, 2.75) is 0 Å². The molecule has 1 amide bonds. The number of hydrogen-bond donors (Lipinski definition) is 1. The summed E-state index contributed by atoms with van der Waals surface area (Å²) >= 11 is 0. The first-order chi connectivity index (χ1) is 11.5. The summed E-state index contributed by atoms with van der Waals surface area (Å²) in [7, 11) is 2.18. The summed E-state index contributed by atoms with van der Waals surface area (Å²) in [6.07, 6.45) is 4.97. The number of carbonyl (C=O) groups is 3. The molecule has 0 saturated heterocycles. The third kappa shape index (κ3) is 3.46. The summed E-state index contributed by atoms with van der Waals surface area (Å²) < 4.78 is 10.0. The fourth-order valence-corrected chi connectivity index (χ4v) is 1.84. The molecule has 9 heteroatoms. The second-order valence-electron chi connectivity index (χ2n) is 4.48. The smallest absolute Gasteiger partial charge is 0.343 e. The SMILES string of the molecule is COC(=O)c1cn(NC(=O)c2ccncc2)cc(C(=O)OC)c1=O. The van der Waals surface area contributed by atoms with Gasteiger partial charge in [0.25, 0.3) is 5.91 Å². The van der Waals surface area contributed by atoms with E-state index in [0.717, 1.165) is 31.3 Å². The van der Waals surface area contributed by atoms with Crippen LogP contribution >= 0.6 is 0 Å². The highest BCUT2D eigenvalue weighted by Gasteiger charge is 2.21. The van der Waals surface area contributed by atoms with Crippen molar-refractivity contribution in [3.8, 4) is 0 Å². The van der Waals surface area contributed by atoms with Crippen LogP contribution < -0.4 is 10.9 Å². The molecule has 0 radical (unpaired) electrons. The van der Waals surface area contributed by atoms with Gasteiger partial charge in [0.15, 0.2) is 0 Å². The Morgan fingerprint density at radius 2 is 1.50 bits per heavy atom. The summed E-state index contributed by atoms with van der Waals surface area (Å²) in [6, 6.07) is 2.95. The maximum Gasteiger partial charge on any atom is 0.343 e. The van der Waals surface area contributed by atoms with E-state index in [1.165, 1.54) is 24.5 Å². The van der Waals surface area contributed by atoms with Crippen LogP contribution in [0, 0.1) is 0 Å². The Labute approximate surface area is 135 Å². The molecule has 124 valence electrons. The van der Waals surface area contributed by atoms with Gasteiger partial charge in [0.05, 0.1) is 14.2 Å². The maximum atomic E-state index is 12.1. The summed E-state index contributed by atoms with van der Waals surface area (Å²) in [4.78, 5) is 51.5. The van der Waals surface area contributed by atoms with Crippen LogP contribution in [-0.2, 0) is 9.47 Å². The number of nitrogens with zero attached hydrogens (tertiary/aromatic N) is 2. The standard InChI is InChI=1S/C15H13N3O6/c1-23-14(21)10-7-18(8-11(12(10)19)15(22)24-2)17-13(20)9-3-5-16-6-4-9/h3-8H,1-2H3,(H,17,20). The topological polar surface area (TPSA) is 117 Å². The summed E-state index contributed by atoms with van der Waals surface area (Å²) in [5.41, 5.74) is 1.01. The number of nitrogens with one attached hydrogen (secondary N) is 1.